The zero-order valence-electron chi connectivity index (χ0n) is 18.1. The lowest BCUT2D eigenvalue weighted by Gasteiger charge is -2.32. The van der Waals surface area contributed by atoms with Gasteiger partial charge in [-0.25, -0.2) is 4.68 Å². The van der Waals surface area contributed by atoms with Gasteiger partial charge in [0.1, 0.15) is 31.9 Å². The Morgan fingerprint density at radius 2 is 1.97 bits per heavy atom. The van der Waals surface area contributed by atoms with Crippen LogP contribution in [0, 0.1) is 0 Å². The Morgan fingerprint density at radius 1 is 1.20 bits per heavy atom. The average molecular weight is 414 g/mol. The van der Waals surface area contributed by atoms with Crippen LogP contribution < -0.4 is 20.1 Å². The Hall–Kier alpha value is -2.78. The van der Waals surface area contributed by atoms with Crippen LogP contribution in [0.4, 0.5) is 0 Å². The normalized spacial score (nSPS) is 20.6. The van der Waals surface area contributed by atoms with Gasteiger partial charge in [-0.3, -0.25) is 4.79 Å². The van der Waals surface area contributed by atoms with Gasteiger partial charge in [0, 0.05) is 10.9 Å². The number of benzene rings is 1. The van der Waals surface area contributed by atoms with Crippen LogP contribution in [0.3, 0.4) is 0 Å². The Balaban J connectivity index is 1.85. The topological polar surface area (TPSA) is 94.6 Å². The summed E-state index contributed by atoms with van der Waals surface area (Å²) in [4.78, 5) is 19.1. The molecule has 30 heavy (non-hydrogen) atoms. The third-order valence-electron chi connectivity index (χ3n) is 5.89. The Bertz CT molecular complexity index is 1070. The maximum atomic E-state index is 13.2. The highest BCUT2D eigenvalue weighted by molar-refractivity contribution is 5.80. The molecular weight excluding hydrogens is 382 g/mol. The van der Waals surface area contributed by atoms with Crippen molar-refractivity contribution in [3.8, 4) is 5.75 Å². The number of nitrogens with one attached hydrogen (secondary N) is 3. The molecule has 3 heterocycles. The van der Waals surface area contributed by atoms with Crippen LogP contribution in [-0.2, 0) is 0 Å². The molecule has 3 N–H and O–H groups in total. The first-order valence-corrected chi connectivity index (χ1v) is 10.7. The fourth-order valence-corrected chi connectivity index (χ4v) is 4.26. The summed E-state index contributed by atoms with van der Waals surface area (Å²) in [5.41, 5.74) is 1.41. The van der Waals surface area contributed by atoms with Crippen LogP contribution in [0.15, 0.2) is 29.1 Å². The third-order valence-corrected chi connectivity index (χ3v) is 5.89. The lowest BCUT2D eigenvalue weighted by atomic mass is 10.0. The molecule has 0 radical (unpaired) electrons. The number of pyridine rings is 1. The van der Waals surface area contributed by atoms with Crippen molar-refractivity contribution in [2.45, 2.75) is 32.9 Å². The number of H-pyrrole nitrogens is 1. The summed E-state index contributed by atoms with van der Waals surface area (Å²) in [6, 6.07) is 7.62. The Morgan fingerprint density at radius 3 is 2.67 bits per heavy atom. The highest BCUT2D eigenvalue weighted by atomic mass is 16.5. The van der Waals surface area contributed by atoms with Crippen LogP contribution in [0.5, 0.6) is 5.75 Å². The van der Waals surface area contributed by atoms with Crippen LogP contribution in [0.2, 0.25) is 0 Å². The molecule has 2 aromatic heterocycles. The summed E-state index contributed by atoms with van der Waals surface area (Å²) < 4.78 is 7.50. The van der Waals surface area contributed by atoms with Gasteiger partial charge in [-0.2, -0.15) is 0 Å². The molecule has 1 aliphatic rings. The first-order chi connectivity index (χ1) is 14.5. The summed E-state index contributed by atoms with van der Waals surface area (Å²) in [7, 11) is 2.21. The number of aromatic amines is 1. The van der Waals surface area contributed by atoms with Crippen molar-refractivity contribution in [3.63, 3.8) is 0 Å². The van der Waals surface area contributed by atoms with Crippen LogP contribution in [0.25, 0.3) is 10.9 Å². The summed E-state index contributed by atoms with van der Waals surface area (Å²) in [5.74, 6) is 1.53. The van der Waals surface area contributed by atoms with Crippen LogP contribution in [0.1, 0.15) is 44.2 Å². The molecule has 0 amide bonds. The molecule has 0 unspecified atom stereocenters. The van der Waals surface area contributed by atoms with Gasteiger partial charge < -0.3 is 19.5 Å². The van der Waals surface area contributed by atoms with Gasteiger partial charge in [0.05, 0.1) is 25.3 Å². The van der Waals surface area contributed by atoms with Gasteiger partial charge in [0.2, 0.25) is 5.82 Å². The van der Waals surface area contributed by atoms with E-state index in [0.29, 0.717) is 12.2 Å². The van der Waals surface area contributed by atoms with E-state index in [4.69, 9.17) is 4.74 Å². The summed E-state index contributed by atoms with van der Waals surface area (Å²) in [5, 5.41) is 13.5. The van der Waals surface area contributed by atoms with E-state index in [0.717, 1.165) is 48.7 Å². The predicted molar refractivity (Wildman–Crippen MR) is 113 cm³/mol. The highest BCUT2D eigenvalue weighted by Gasteiger charge is 2.37. The minimum atomic E-state index is -0.223. The van der Waals surface area contributed by atoms with E-state index in [9.17, 15) is 4.79 Å². The smallest absolute Gasteiger partial charge is 0.258 e. The molecule has 160 valence electrons. The molecule has 0 spiro atoms. The second-order valence-corrected chi connectivity index (χ2v) is 8.36. The fraction of sp³-hybridized carbons (Fsp3) is 0.524. The zero-order valence-corrected chi connectivity index (χ0v) is 18.1. The van der Waals surface area contributed by atoms with Crippen LogP contribution >= 0.6 is 0 Å². The number of fused-ring (bicyclic) bond motifs is 1. The van der Waals surface area contributed by atoms with Crippen molar-refractivity contribution >= 4 is 10.9 Å². The maximum Gasteiger partial charge on any atom is 0.258 e. The van der Waals surface area contributed by atoms with Gasteiger partial charge >= 0.3 is 0 Å². The minimum Gasteiger partial charge on any atom is -0.494 e. The molecule has 1 atom stereocenters. The quantitative estimate of drug-likeness (QED) is 0.482. The molecule has 9 heteroatoms. The van der Waals surface area contributed by atoms with Crippen molar-refractivity contribution in [1.82, 2.24) is 25.2 Å². The molecule has 0 bridgehead atoms. The molecular formula is C21H31N7O2+2. The number of piperazine rings is 1. The summed E-state index contributed by atoms with van der Waals surface area (Å²) in [6.07, 6.45) is 0. The van der Waals surface area contributed by atoms with Crippen molar-refractivity contribution in [2.24, 2.45) is 0 Å². The van der Waals surface area contributed by atoms with E-state index in [1.807, 2.05) is 35.9 Å². The van der Waals surface area contributed by atoms with Crippen LogP contribution in [-0.4, -0.2) is 65.0 Å². The van der Waals surface area contributed by atoms with E-state index in [1.54, 1.807) is 0 Å². The van der Waals surface area contributed by atoms with Gasteiger partial charge in [0.15, 0.2) is 6.04 Å². The molecule has 4 rings (SSSR count). The lowest BCUT2D eigenvalue weighted by Crippen LogP contribution is -3.27. The molecule has 1 saturated heterocycles. The monoisotopic (exact) mass is 413 g/mol. The van der Waals surface area contributed by atoms with E-state index < -0.39 is 0 Å². The average Bonchev–Trinajstić information content (AvgIpc) is 3.20. The third kappa shape index (κ3) is 3.95. The number of tetrazole rings is 1. The lowest BCUT2D eigenvalue weighted by molar-refractivity contribution is -1.02. The van der Waals surface area contributed by atoms with Crippen molar-refractivity contribution in [3.05, 3.63) is 46.0 Å². The second-order valence-electron chi connectivity index (χ2n) is 8.36. The number of hydrogen-bond acceptors (Lipinski definition) is 5. The maximum absolute atomic E-state index is 13.2. The number of rotatable bonds is 6. The first-order valence-electron chi connectivity index (χ1n) is 10.7. The van der Waals surface area contributed by atoms with E-state index in [1.165, 1.54) is 9.80 Å². The SMILES string of the molecule is CCOc1ccc2[nH]c(=O)c([C@@H](c3nnnn3C(C)C)[NH+]3CC[NH+](C)CC3)cc2c1. The van der Waals surface area contributed by atoms with Gasteiger partial charge in [-0.15, -0.1) is 5.10 Å². The molecule has 0 saturated carbocycles. The van der Waals surface area contributed by atoms with E-state index in [2.05, 4.69) is 41.4 Å². The number of nitrogens with zero attached hydrogens (tertiary/aromatic N) is 4. The molecule has 3 aromatic rings. The standard InChI is InChI=1S/C21H29N7O2/c1-5-30-16-6-7-18-15(12-16)13-17(21(29)22-18)19(27-10-8-26(4)9-11-27)20-23-24-25-28(20)14(2)3/h6-7,12-14,19H,5,8-11H2,1-4H3,(H,22,29)/p+2/t19-/m0/s1. The molecule has 1 fully saturated rings. The zero-order chi connectivity index (χ0) is 21.3. The number of likely N-dealkylation sites (N-methyl/N-ethyl adjacent to an activating group) is 1. The molecule has 1 aromatic carbocycles. The largest absolute Gasteiger partial charge is 0.494 e. The number of quaternary nitrogens is 2. The second kappa shape index (κ2) is 8.53. The van der Waals surface area contributed by atoms with Crippen molar-refractivity contribution in [2.75, 3.05) is 39.8 Å². The Kier molecular flexibility index (Phi) is 5.83. The van der Waals surface area contributed by atoms with Gasteiger partial charge in [-0.1, -0.05) is 0 Å². The predicted octanol–water partition coefficient (Wildman–Crippen LogP) is -1.00. The molecule has 0 aliphatic carbocycles. The number of hydrogen-bond donors (Lipinski definition) is 3. The van der Waals surface area contributed by atoms with Gasteiger partial charge in [0.25, 0.3) is 5.56 Å². The van der Waals surface area contributed by atoms with Gasteiger partial charge in [-0.05, 0) is 55.5 Å². The van der Waals surface area contributed by atoms with E-state index >= 15 is 0 Å². The first kappa shape index (κ1) is 20.5. The molecule has 9 nitrogen and oxygen atoms in total. The highest BCUT2D eigenvalue weighted by Crippen LogP contribution is 2.23. The summed E-state index contributed by atoms with van der Waals surface area (Å²) >= 11 is 0. The number of ether oxygens (including phenoxy) is 1. The van der Waals surface area contributed by atoms with Crippen molar-refractivity contribution < 1.29 is 14.5 Å². The summed E-state index contributed by atoms with van der Waals surface area (Å²) in [6.45, 7) is 10.7. The molecule has 1 aliphatic heterocycles. The van der Waals surface area contributed by atoms with E-state index in [-0.39, 0.29) is 17.6 Å². The number of aromatic nitrogens is 5. The minimum absolute atomic E-state index is 0.0891. The van der Waals surface area contributed by atoms with Crippen molar-refractivity contribution in [1.29, 1.82) is 0 Å². The fourth-order valence-electron chi connectivity index (χ4n) is 4.26. The Labute approximate surface area is 175 Å².